The molecule has 2 nitrogen and oxygen atoms in total. The molecule has 1 heterocycles. The Morgan fingerprint density at radius 2 is 1.94 bits per heavy atom. The van der Waals surface area contributed by atoms with Crippen molar-refractivity contribution in [3.05, 3.63) is 58.3 Å². The van der Waals surface area contributed by atoms with Gasteiger partial charge < -0.3 is 5.11 Å². The summed E-state index contributed by atoms with van der Waals surface area (Å²) in [5.74, 6) is 0.104. The number of rotatable bonds is 3. The number of hydrogen-bond donors (Lipinski definition) is 1. The van der Waals surface area contributed by atoms with Gasteiger partial charge in [0.05, 0.1) is 0 Å². The molecule has 0 spiro atoms. The van der Waals surface area contributed by atoms with E-state index in [1.807, 2.05) is 17.5 Å². The molecular formula is C13H10O2S. The number of thiophene rings is 1. The van der Waals surface area contributed by atoms with Crippen LogP contribution in [-0.4, -0.2) is 10.9 Å². The molecule has 3 heteroatoms. The van der Waals surface area contributed by atoms with Gasteiger partial charge in [-0.1, -0.05) is 6.07 Å². The zero-order valence-corrected chi connectivity index (χ0v) is 9.28. The van der Waals surface area contributed by atoms with Crippen LogP contribution in [0.4, 0.5) is 0 Å². The molecular weight excluding hydrogens is 220 g/mol. The van der Waals surface area contributed by atoms with E-state index < -0.39 is 0 Å². The molecule has 1 aromatic carbocycles. The number of phenols is 1. The average Bonchev–Trinajstić information content (AvgIpc) is 2.80. The molecule has 0 aliphatic carbocycles. The van der Waals surface area contributed by atoms with Gasteiger partial charge in [-0.25, -0.2) is 0 Å². The third kappa shape index (κ3) is 2.58. The minimum Gasteiger partial charge on any atom is -0.508 e. The first-order chi connectivity index (χ1) is 7.75. The Bertz CT molecular complexity index is 495. The van der Waals surface area contributed by atoms with E-state index in [9.17, 15) is 4.79 Å². The average molecular weight is 230 g/mol. The van der Waals surface area contributed by atoms with E-state index in [0.717, 1.165) is 4.88 Å². The molecule has 0 saturated heterocycles. The van der Waals surface area contributed by atoms with Crippen LogP contribution in [0.2, 0.25) is 0 Å². The van der Waals surface area contributed by atoms with Gasteiger partial charge in [0, 0.05) is 10.4 Å². The minimum absolute atomic E-state index is 0.0617. The lowest BCUT2D eigenvalue weighted by molar-refractivity contribution is 0.104. The molecule has 0 bridgehead atoms. The Morgan fingerprint density at radius 1 is 1.19 bits per heavy atom. The van der Waals surface area contributed by atoms with Crippen LogP contribution in [0.1, 0.15) is 15.2 Å². The normalized spacial score (nSPS) is 10.8. The Morgan fingerprint density at radius 3 is 2.56 bits per heavy atom. The molecule has 2 rings (SSSR count). The molecule has 0 amide bonds. The van der Waals surface area contributed by atoms with Gasteiger partial charge in [0.15, 0.2) is 5.78 Å². The highest BCUT2D eigenvalue weighted by molar-refractivity contribution is 7.10. The van der Waals surface area contributed by atoms with Crippen molar-refractivity contribution in [1.82, 2.24) is 0 Å². The van der Waals surface area contributed by atoms with Gasteiger partial charge in [0.1, 0.15) is 5.75 Å². The van der Waals surface area contributed by atoms with Crippen molar-refractivity contribution < 1.29 is 9.90 Å². The standard InChI is InChI=1S/C13H10O2S/c14-11-5-3-10(4-6-11)13(15)8-7-12-2-1-9-16-12/h1-9,14H/b8-7+. The fourth-order valence-corrected chi connectivity index (χ4v) is 1.88. The van der Waals surface area contributed by atoms with Crippen molar-refractivity contribution in [2.45, 2.75) is 0 Å². The van der Waals surface area contributed by atoms with Crippen molar-refractivity contribution in [2.75, 3.05) is 0 Å². The number of aromatic hydroxyl groups is 1. The predicted molar refractivity (Wildman–Crippen MR) is 65.8 cm³/mol. The SMILES string of the molecule is O=C(/C=C/c1cccs1)c1ccc(O)cc1. The molecule has 0 saturated carbocycles. The van der Waals surface area contributed by atoms with Gasteiger partial charge in [-0.05, 0) is 47.9 Å². The molecule has 80 valence electrons. The maximum absolute atomic E-state index is 11.7. The van der Waals surface area contributed by atoms with Crippen LogP contribution in [0.5, 0.6) is 5.75 Å². The molecule has 0 aliphatic heterocycles. The van der Waals surface area contributed by atoms with Crippen LogP contribution < -0.4 is 0 Å². The zero-order valence-electron chi connectivity index (χ0n) is 8.46. The summed E-state index contributed by atoms with van der Waals surface area (Å²) in [5, 5.41) is 11.1. The monoisotopic (exact) mass is 230 g/mol. The fraction of sp³-hybridized carbons (Fsp3) is 0. The van der Waals surface area contributed by atoms with E-state index in [1.165, 1.54) is 18.2 Å². The maximum atomic E-state index is 11.7. The molecule has 0 aliphatic rings. The van der Waals surface area contributed by atoms with Gasteiger partial charge in [-0.3, -0.25) is 4.79 Å². The second-order valence-electron chi connectivity index (χ2n) is 3.26. The summed E-state index contributed by atoms with van der Waals surface area (Å²) in [5.41, 5.74) is 0.575. The molecule has 0 fully saturated rings. The van der Waals surface area contributed by atoms with Gasteiger partial charge >= 0.3 is 0 Å². The minimum atomic E-state index is -0.0617. The first-order valence-electron chi connectivity index (χ1n) is 4.80. The van der Waals surface area contributed by atoms with Gasteiger partial charge in [0.2, 0.25) is 0 Å². The second-order valence-corrected chi connectivity index (χ2v) is 4.24. The number of carbonyl (C=O) groups excluding carboxylic acids is 1. The number of benzene rings is 1. The highest BCUT2D eigenvalue weighted by Crippen LogP contribution is 2.13. The van der Waals surface area contributed by atoms with Crippen LogP contribution in [0, 0.1) is 0 Å². The molecule has 1 N–H and O–H groups in total. The molecule has 0 unspecified atom stereocenters. The smallest absolute Gasteiger partial charge is 0.185 e. The molecule has 0 atom stereocenters. The van der Waals surface area contributed by atoms with Crippen molar-refractivity contribution in [3.63, 3.8) is 0 Å². The summed E-state index contributed by atoms with van der Waals surface area (Å²) < 4.78 is 0. The summed E-state index contributed by atoms with van der Waals surface area (Å²) in [4.78, 5) is 12.7. The van der Waals surface area contributed by atoms with E-state index >= 15 is 0 Å². The number of carbonyl (C=O) groups is 1. The third-order valence-corrected chi connectivity index (χ3v) is 2.93. The number of phenolic OH excluding ortho intramolecular Hbond substituents is 1. The van der Waals surface area contributed by atoms with Crippen LogP contribution in [0.15, 0.2) is 47.9 Å². The lowest BCUT2D eigenvalue weighted by Crippen LogP contribution is -1.92. The first-order valence-corrected chi connectivity index (χ1v) is 5.68. The zero-order chi connectivity index (χ0) is 11.4. The Balaban J connectivity index is 2.11. The van der Waals surface area contributed by atoms with E-state index in [4.69, 9.17) is 5.11 Å². The van der Waals surface area contributed by atoms with Crippen molar-refractivity contribution in [3.8, 4) is 5.75 Å². The molecule has 1 aromatic heterocycles. The van der Waals surface area contributed by atoms with Gasteiger partial charge in [-0.2, -0.15) is 0 Å². The highest BCUT2D eigenvalue weighted by Gasteiger charge is 2.00. The van der Waals surface area contributed by atoms with Crippen LogP contribution in [-0.2, 0) is 0 Å². The fourth-order valence-electron chi connectivity index (χ4n) is 1.27. The number of allylic oxidation sites excluding steroid dienone is 1. The summed E-state index contributed by atoms with van der Waals surface area (Å²) >= 11 is 1.58. The van der Waals surface area contributed by atoms with Crippen LogP contribution in [0.3, 0.4) is 0 Å². The topological polar surface area (TPSA) is 37.3 Å². The Hall–Kier alpha value is -1.87. The Kier molecular flexibility index (Phi) is 3.17. The van der Waals surface area contributed by atoms with Crippen LogP contribution >= 0.6 is 11.3 Å². The van der Waals surface area contributed by atoms with Gasteiger partial charge in [0.25, 0.3) is 0 Å². The highest BCUT2D eigenvalue weighted by atomic mass is 32.1. The molecule has 0 radical (unpaired) electrons. The summed E-state index contributed by atoms with van der Waals surface area (Å²) in [6.07, 6.45) is 3.33. The predicted octanol–water partition coefficient (Wildman–Crippen LogP) is 3.35. The van der Waals surface area contributed by atoms with E-state index in [-0.39, 0.29) is 11.5 Å². The summed E-state index contributed by atoms with van der Waals surface area (Å²) in [6.45, 7) is 0. The number of ketones is 1. The first kappa shape index (κ1) is 10.6. The molecule has 16 heavy (non-hydrogen) atoms. The van der Waals surface area contributed by atoms with Crippen molar-refractivity contribution in [1.29, 1.82) is 0 Å². The van der Waals surface area contributed by atoms with Crippen LogP contribution in [0.25, 0.3) is 6.08 Å². The maximum Gasteiger partial charge on any atom is 0.185 e. The molecule has 2 aromatic rings. The summed E-state index contributed by atoms with van der Waals surface area (Å²) in [6, 6.07) is 10.1. The summed E-state index contributed by atoms with van der Waals surface area (Å²) in [7, 11) is 0. The van der Waals surface area contributed by atoms with E-state index in [2.05, 4.69) is 0 Å². The Labute approximate surface area is 97.5 Å². The van der Waals surface area contributed by atoms with E-state index in [1.54, 1.807) is 29.5 Å². The van der Waals surface area contributed by atoms with Crippen molar-refractivity contribution >= 4 is 23.2 Å². The lowest BCUT2D eigenvalue weighted by Gasteiger charge is -1.95. The van der Waals surface area contributed by atoms with Crippen molar-refractivity contribution in [2.24, 2.45) is 0 Å². The lowest BCUT2D eigenvalue weighted by atomic mass is 10.1. The van der Waals surface area contributed by atoms with Gasteiger partial charge in [-0.15, -0.1) is 11.3 Å². The number of hydrogen-bond acceptors (Lipinski definition) is 3. The third-order valence-electron chi connectivity index (χ3n) is 2.09. The second kappa shape index (κ2) is 4.77. The largest absolute Gasteiger partial charge is 0.508 e. The quantitative estimate of drug-likeness (QED) is 0.648. The van der Waals surface area contributed by atoms with E-state index in [0.29, 0.717) is 5.56 Å².